The van der Waals surface area contributed by atoms with Crippen molar-refractivity contribution in [3.8, 4) is 22.5 Å². The average molecular weight is 479 g/mol. The Morgan fingerprint density at radius 1 is 0.971 bits per heavy atom. The summed E-state index contributed by atoms with van der Waals surface area (Å²) in [6, 6.07) is 15.6. The Labute approximate surface area is 206 Å². The van der Waals surface area contributed by atoms with Gasteiger partial charge in [-0.2, -0.15) is 0 Å². The van der Waals surface area contributed by atoms with Gasteiger partial charge in [-0.15, -0.1) is 0 Å². The molecule has 1 aliphatic carbocycles. The van der Waals surface area contributed by atoms with E-state index in [2.05, 4.69) is 62.7 Å². The van der Waals surface area contributed by atoms with Gasteiger partial charge in [0.25, 0.3) is 0 Å². The molecule has 0 radical (unpaired) electrons. The molecule has 6 heteroatoms. The van der Waals surface area contributed by atoms with E-state index in [1.54, 1.807) is 12.1 Å². The van der Waals surface area contributed by atoms with Gasteiger partial charge >= 0.3 is 5.97 Å². The highest BCUT2D eigenvalue weighted by Crippen LogP contribution is 2.42. The van der Waals surface area contributed by atoms with Crippen LogP contribution in [0.4, 0.5) is 5.69 Å². The third-order valence-corrected chi connectivity index (χ3v) is 6.28. The van der Waals surface area contributed by atoms with Crippen molar-refractivity contribution < 1.29 is 26.7 Å². The fraction of sp³-hybridized carbons (Fsp3) is 0.286. The SMILES string of the molecule is CCNc1cc2oc3cc(=[N+](CC)CC)c(C)cc-3c(-c3ccccc3C(=O)O)c2cc1C.[Cl-]. The van der Waals surface area contributed by atoms with E-state index in [0.717, 1.165) is 69.7 Å². The summed E-state index contributed by atoms with van der Waals surface area (Å²) in [5.41, 5.74) is 6.76. The number of halogens is 1. The van der Waals surface area contributed by atoms with Gasteiger partial charge < -0.3 is 27.2 Å². The van der Waals surface area contributed by atoms with E-state index < -0.39 is 5.97 Å². The third-order valence-electron chi connectivity index (χ3n) is 6.28. The van der Waals surface area contributed by atoms with E-state index in [1.165, 1.54) is 0 Å². The number of anilines is 1. The summed E-state index contributed by atoms with van der Waals surface area (Å²) in [5.74, 6) is -0.193. The maximum absolute atomic E-state index is 12.1. The molecule has 1 aliphatic heterocycles. The highest BCUT2D eigenvalue weighted by atomic mass is 35.5. The number of fused-ring (bicyclic) bond motifs is 2. The van der Waals surface area contributed by atoms with Crippen molar-refractivity contribution in [2.45, 2.75) is 34.6 Å². The van der Waals surface area contributed by atoms with Gasteiger partial charge in [-0.25, -0.2) is 9.37 Å². The summed E-state index contributed by atoms with van der Waals surface area (Å²) in [6.45, 7) is 13.1. The van der Waals surface area contributed by atoms with Crippen LogP contribution in [-0.2, 0) is 0 Å². The smallest absolute Gasteiger partial charge is 0.336 e. The molecule has 2 aromatic rings. The van der Waals surface area contributed by atoms with Gasteiger partial charge in [0.15, 0.2) is 0 Å². The van der Waals surface area contributed by atoms with Crippen molar-refractivity contribution in [3.63, 3.8) is 0 Å². The molecule has 0 unspecified atom stereocenters. The molecule has 0 saturated carbocycles. The molecule has 0 saturated heterocycles. The average Bonchev–Trinajstić information content (AvgIpc) is 2.80. The van der Waals surface area contributed by atoms with Crippen molar-refractivity contribution in [2.75, 3.05) is 25.0 Å². The number of carboxylic acids is 1. The van der Waals surface area contributed by atoms with Crippen LogP contribution in [0.25, 0.3) is 33.4 Å². The Bertz CT molecular complexity index is 1400. The zero-order chi connectivity index (χ0) is 23.7. The van der Waals surface area contributed by atoms with Gasteiger partial charge in [0.1, 0.15) is 24.4 Å². The zero-order valence-corrected chi connectivity index (χ0v) is 21.1. The molecule has 34 heavy (non-hydrogen) atoms. The zero-order valence-electron chi connectivity index (χ0n) is 20.3. The minimum absolute atomic E-state index is 0. The summed E-state index contributed by atoms with van der Waals surface area (Å²) >= 11 is 0. The Balaban J connectivity index is 0.00000324. The maximum atomic E-state index is 12.1. The van der Waals surface area contributed by atoms with Crippen LogP contribution >= 0.6 is 0 Å². The lowest BCUT2D eigenvalue weighted by molar-refractivity contribution is -0.0000228. The van der Waals surface area contributed by atoms with Gasteiger partial charge in [0, 0.05) is 40.4 Å². The van der Waals surface area contributed by atoms with Crippen LogP contribution in [0.5, 0.6) is 0 Å². The Kier molecular flexibility index (Phi) is 7.68. The van der Waals surface area contributed by atoms with E-state index in [1.807, 2.05) is 18.2 Å². The van der Waals surface area contributed by atoms with Gasteiger partial charge in [-0.1, -0.05) is 18.2 Å². The first-order valence-electron chi connectivity index (χ1n) is 11.6. The van der Waals surface area contributed by atoms with Crippen LogP contribution in [0, 0.1) is 13.8 Å². The predicted octanol–water partition coefficient (Wildman–Crippen LogP) is 2.77. The lowest BCUT2D eigenvalue weighted by Gasteiger charge is -2.19. The largest absolute Gasteiger partial charge is 1.00 e. The van der Waals surface area contributed by atoms with Crippen LogP contribution in [0.3, 0.4) is 0 Å². The van der Waals surface area contributed by atoms with Crippen LogP contribution < -0.4 is 27.7 Å². The fourth-order valence-electron chi connectivity index (χ4n) is 4.65. The number of nitrogens with one attached hydrogen (secondary N) is 1. The van der Waals surface area contributed by atoms with E-state index in [9.17, 15) is 9.90 Å². The number of aromatic carboxylic acids is 1. The lowest BCUT2D eigenvalue weighted by Crippen LogP contribution is -3.00. The Hall–Kier alpha value is -3.31. The topological polar surface area (TPSA) is 65.5 Å². The molecule has 1 heterocycles. The number of hydrogen-bond donors (Lipinski definition) is 2. The molecule has 2 aliphatic rings. The quantitative estimate of drug-likeness (QED) is 0.330. The molecule has 2 N–H and O–H groups in total. The number of hydrogen-bond acceptors (Lipinski definition) is 3. The summed E-state index contributed by atoms with van der Waals surface area (Å²) in [7, 11) is 0. The number of aryl methyl sites for hydroxylation is 2. The van der Waals surface area contributed by atoms with Crippen molar-refractivity contribution in [1.29, 1.82) is 0 Å². The van der Waals surface area contributed by atoms with E-state index in [4.69, 9.17) is 4.42 Å². The summed E-state index contributed by atoms with van der Waals surface area (Å²) in [4.78, 5) is 12.1. The first-order valence-corrected chi connectivity index (χ1v) is 11.6. The lowest BCUT2D eigenvalue weighted by atomic mass is 9.89. The number of nitrogens with zero attached hydrogens (tertiary/aromatic N) is 1. The molecule has 0 amide bonds. The second-order valence-electron chi connectivity index (χ2n) is 8.33. The van der Waals surface area contributed by atoms with Crippen molar-refractivity contribution >= 4 is 22.6 Å². The minimum Gasteiger partial charge on any atom is -1.00 e. The van der Waals surface area contributed by atoms with Crippen molar-refractivity contribution in [2.24, 2.45) is 0 Å². The molecule has 2 aromatic carbocycles. The van der Waals surface area contributed by atoms with Crippen LogP contribution in [-0.4, -0.2) is 30.7 Å². The van der Waals surface area contributed by atoms with Crippen LogP contribution in [0.1, 0.15) is 42.3 Å². The van der Waals surface area contributed by atoms with E-state index >= 15 is 0 Å². The van der Waals surface area contributed by atoms with Crippen LogP contribution in [0.15, 0.2) is 52.9 Å². The number of benzene rings is 3. The highest BCUT2D eigenvalue weighted by molar-refractivity contribution is 6.08. The third kappa shape index (κ3) is 4.40. The summed E-state index contributed by atoms with van der Waals surface area (Å²) in [6.07, 6.45) is 0. The number of carboxylic acid groups (broad SMARTS) is 1. The summed E-state index contributed by atoms with van der Waals surface area (Å²) < 4.78 is 8.78. The highest BCUT2D eigenvalue weighted by Gasteiger charge is 2.23. The van der Waals surface area contributed by atoms with Gasteiger partial charge in [-0.3, -0.25) is 0 Å². The number of rotatable bonds is 6. The second kappa shape index (κ2) is 10.3. The molecule has 0 aromatic heterocycles. The Morgan fingerprint density at radius 2 is 1.68 bits per heavy atom. The first kappa shape index (κ1) is 25.3. The second-order valence-corrected chi connectivity index (χ2v) is 8.33. The molecule has 4 rings (SSSR count). The molecule has 0 atom stereocenters. The fourth-order valence-corrected chi connectivity index (χ4v) is 4.65. The molecule has 0 bridgehead atoms. The van der Waals surface area contributed by atoms with Crippen LogP contribution in [0.2, 0.25) is 0 Å². The number of carbonyl (C=O) groups is 1. The maximum Gasteiger partial charge on any atom is 0.336 e. The van der Waals surface area contributed by atoms with Gasteiger partial charge in [0.05, 0.1) is 11.6 Å². The Morgan fingerprint density at radius 3 is 2.32 bits per heavy atom. The molecular formula is C28H31ClN2O3. The van der Waals surface area contributed by atoms with Gasteiger partial charge in [0.2, 0.25) is 5.36 Å². The van der Waals surface area contributed by atoms with Gasteiger partial charge in [-0.05, 0) is 63.9 Å². The van der Waals surface area contributed by atoms with Crippen molar-refractivity contribution in [1.82, 2.24) is 4.58 Å². The summed E-state index contributed by atoms with van der Waals surface area (Å²) in [5, 5.41) is 15.4. The molecule has 5 nitrogen and oxygen atoms in total. The monoisotopic (exact) mass is 478 g/mol. The molecular weight excluding hydrogens is 448 g/mol. The minimum atomic E-state index is -0.940. The first-order chi connectivity index (χ1) is 15.9. The van der Waals surface area contributed by atoms with E-state index in [-0.39, 0.29) is 18.0 Å². The predicted molar refractivity (Wildman–Crippen MR) is 135 cm³/mol. The standard InChI is InChI=1S/C28H30N2O3.ClH/c1-6-29-23-15-25-21(13-17(23)4)27(19-11-9-10-12-20(19)28(31)32)22-14-18(5)24(16-26(22)33-25)30(7-2)8-3;/h9-16H,6-8H2,1-5H3,(H,31,32);1H. The molecule has 178 valence electrons. The molecule has 0 fully saturated rings. The van der Waals surface area contributed by atoms with E-state index in [0.29, 0.717) is 5.56 Å². The van der Waals surface area contributed by atoms with Crippen molar-refractivity contribution in [3.05, 3.63) is 70.6 Å². The molecule has 0 spiro atoms. The normalized spacial score (nSPS) is 10.9.